The number of benzene rings is 2. The maximum atomic E-state index is 12.5. The van der Waals surface area contributed by atoms with Crippen molar-refractivity contribution in [3.63, 3.8) is 0 Å². The number of hydrogen-bond donors (Lipinski definition) is 0. The van der Waals surface area contributed by atoms with Crippen LogP contribution in [0, 0.1) is 10.1 Å². The van der Waals surface area contributed by atoms with E-state index < -0.39 is 4.92 Å². The largest absolute Gasteiger partial charge is 0.457 e. The molecule has 0 amide bonds. The molecule has 0 atom stereocenters. The van der Waals surface area contributed by atoms with E-state index >= 15 is 0 Å². The van der Waals surface area contributed by atoms with Gasteiger partial charge >= 0.3 is 0 Å². The zero-order valence-electron chi connectivity index (χ0n) is 13.4. The van der Waals surface area contributed by atoms with Crippen molar-refractivity contribution in [1.29, 1.82) is 0 Å². The molecule has 0 radical (unpaired) electrons. The molecule has 26 heavy (non-hydrogen) atoms. The van der Waals surface area contributed by atoms with Crippen molar-refractivity contribution in [2.24, 2.45) is 0 Å². The van der Waals surface area contributed by atoms with Gasteiger partial charge in [0.15, 0.2) is 5.78 Å². The average Bonchev–Trinajstić information content (AvgIpc) is 3.21. The lowest BCUT2D eigenvalue weighted by molar-refractivity contribution is -0.384. The number of halogens is 1. The first-order chi connectivity index (χ1) is 12.5. The molecule has 128 valence electrons. The summed E-state index contributed by atoms with van der Waals surface area (Å²) in [5.41, 5.74) is 3.16. The number of carbonyl (C=O) groups excluding carboxylic acids is 1. The number of non-ortho nitro benzene ring substituents is 1. The highest BCUT2D eigenvalue weighted by atomic mass is 79.9. The van der Waals surface area contributed by atoms with Crippen LogP contribution < -0.4 is 0 Å². The van der Waals surface area contributed by atoms with Crippen molar-refractivity contribution in [2.75, 3.05) is 0 Å². The maximum Gasteiger partial charge on any atom is 0.270 e. The van der Waals surface area contributed by atoms with Crippen LogP contribution in [-0.2, 0) is 6.42 Å². The van der Waals surface area contributed by atoms with E-state index in [0.717, 1.165) is 11.1 Å². The lowest BCUT2D eigenvalue weighted by Crippen LogP contribution is -1.94. The number of furan rings is 1. The zero-order chi connectivity index (χ0) is 18.3. The van der Waals surface area contributed by atoms with Gasteiger partial charge in [0.1, 0.15) is 11.5 Å². The molecular weight excluding hydrogens is 398 g/mol. The Morgan fingerprint density at radius 3 is 2.62 bits per heavy atom. The number of ketones is 1. The Morgan fingerprint density at radius 1 is 1.08 bits per heavy atom. The van der Waals surface area contributed by atoms with Crippen molar-refractivity contribution in [3.8, 4) is 11.3 Å². The molecule has 0 fully saturated rings. The van der Waals surface area contributed by atoms with Crippen molar-refractivity contribution in [2.45, 2.75) is 6.42 Å². The van der Waals surface area contributed by atoms with Crippen molar-refractivity contribution < 1.29 is 14.1 Å². The third kappa shape index (κ3) is 2.88. The summed E-state index contributed by atoms with van der Waals surface area (Å²) >= 11 is 3.34. The van der Waals surface area contributed by atoms with Gasteiger partial charge in [-0.25, -0.2) is 0 Å². The second-order valence-corrected chi connectivity index (χ2v) is 6.81. The molecule has 0 bridgehead atoms. The standard InChI is InChI=1S/C20H12BrNO4/c21-18-11-14(22(24)25)5-7-17(18)19-8-6-15(26-19)10-13-9-12-3-1-2-4-16(12)20(13)23/h1-8,10-11H,9H2/b13-10+. The van der Waals surface area contributed by atoms with Crippen LogP contribution in [0.3, 0.4) is 0 Å². The molecule has 0 spiro atoms. The van der Waals surface area contributed by atoms with Crippen LogP contribution in [0.4, 0.5) is 5.69 Å². The minimum absolute atomic E-state index is 0.00356. The van der Waals surface area contributed by atoms with E-state index in [1.54, 1.807) is 24.3 Å². The minimum Gasteiger partial charge on any atom is -0.457 e. The highest BCUT2D eigenvalue weighted by Crippen LogP contribution is 2.34. The van der Waals surface area contributed by atoms with Gasteiger partial charge in [0.25, 0.3) is 5.69 Å². The smallest absolute Gasteiger partial charge is 0.270 e. The van der Waals surface area contributed by atoms with Gasteiger partial charge in [-0.3, -0.25) is 14.9 Å². The molecule has 0 N–H and O–H groups in total. The number of allylic oxidation sites excluding steroid dienone is 1. The van der Waals surface area contributed by atoms with Crippen molar-refractivity contribution in [1.82, 2.24) is 0 Å². The summed E-state index contributed by atoms with van der Waals surface area (Å²) in [6, 6.07) is 15.6. The number of carbonyl (C=O) groups is 1. The van der Waals surface area contributed by atoms with Crippen molar-refractivity contribution in [3.05, 3.63) is 91.6 Å². The Balaban J connectivity index is 1.64. The third-order valence-corrected chi connectivity index (χ3v) is 4.96. The Hall–Kier alpha value is -2.99. The van der Waals surface area contributed by atoms with Gasteiger partial charge in [0.2, 0.25) is 0 Å². The van der Waals surface area contributed by atoms with Gasteiger partial charge in [-0.2, -0.15) is 0 Å². The summed E-state index contributed by atoms with van der Waals surface area (Å²) in [6.07, 6.45) is 2.34. The van der Waals surface area contributed by atoms with E-state index in [1.807, 2.05) is 24.3 Å². The molecule has 3 aromatic rings. The monoisotopic (exact) mass is 409 g/mol. The van der Waals surface area contributed by atoms with Crippen LogP contribution in [0.5, 0.6) is 0 Å². The summed E-state index contributed by atoms with van der Waals surface area (Å²) in [5, 5.41) is 10.8. The van der Waals surface area contributed by atoms with E-state index in [1.165, 1.54) is 12.1 Å². The summed E-state index contributed by atoms with van der Waals surface area (Å²) in [6.45, 7) is 0. The van der Waals surface area contributed by atoms with Gasteiger partial charge in [0.05, 0.1) is 4.92 Å². The fraction of sp³-hybridized carbons (Fsp3) is 0.0500. The van der Waals surface area contributed by atoms with Gasteiger partial charge in [-0.1, -0.05) is 24.3 Å². The number of nitro benzene ring substituents is 1. The topological polar surface area (TPSA) is 73.3 Å². The first kappa shape index (κ1) is 16.5. The highest BCUT2D eigenvalue weighted by molar-refractivity contribution is 9.10. The van der Waals surface area contributed by atoms with Gasteiger partial charge in [-0.15, -0.1) is 0 Å². The van der Waals surface area contributed by atoms with Gasteiger partial charge < -0.3 is 4.42 Å². The summed E-state index contributed by atoms with van der Waals surface area (Å²) in [4.78, 5) is 22.8. The summed E-state index contributed by atoms with van der Waals surface area (Å²) in [7, 11) is 0. The van der Waals surface area contributed by atoms with Crippen LogP contribution in [0.1, 0.15) is 21.7 Å². The van der Waals surface area contributed by atoms with E-state index in [9.17, 15) is 14.9 Å². The van der Waals surface area contributed by atoms with Crippen LogP contribution in [0.2, 0.25) is 0 Å². The van der Waals surface area contributed by atoms with E-state index in [2.05, 4.69) is 15.9 Å². The third-order valence-electron chi connectivity index (χ3n) is 4.31. The molecule has 1 aliphatic carbocycles. The molecule has 1 heterocycles. The summed E-state index contributed by atoms with van der Waals surface area (Å²) < 4.78 is 6.41. The number of Topliss-reactive ketones (excluding diaryl/α,β-unsaturated/α-hetero) is 1. The fourth-order valence-electron chi connectivity index (χ4n) is 3.04. The Labute approximate surface area is 157 Å². The molecule has 0 aliphatic heterocycles. The maximum absolute atomic E-state index is 12.5. The molecule has 2 aromatic carbocycles. The normalized spacial score (nSPS) is 14.7. The lowest BCUT2D eigenvalue weighted by atomic mass is 10.1. The van der Waals surface area contributed by atoms with E-state index in [0.29, 0.717) is 33.6 Å². The van der Waals surface area contributed by atoms with Crippen LogP contribution in [-0.4, -0.2) is 10.7 Å². The second-order valence-electron chi connectivity index (χ2n) is 5.96. The molecular formula is C20H12BrNO4. The fourth-order valence-corrected chi connectivity index (χ4v) is 3.60. The first-order valence-corrected chi connectivity index (χ1v) is 8.69. The number of nitrogens with zero attached hydrogens (tertiary/aromatic N) is 1. The number of hydrogen-bond acceptors (Lipinski definition) is 4. The van der Waals surface area contributed by atoms with Crippen molar-refractivity contribution >= 4 is 33.5 Å². The number of fused-ring (bicyclic) bond motifs is 1. The Morgan fingerprint density at radius 2 is 1.88 bits per heavy atom. The molecule has 0 unspecified atom stereocenters. The van der Waals surface area contributed by atoms with E-state index in [4.69, 9.17) is 4.42 Å². The Kier molecular flexibility index (Phi) is 4.05. The molecule has 0 saturated carbocycles. The molecule has 0 saturated heterocycles. The lowest BCUT2D eigenvalue weighted by Gasteiger charge is -2.01. The molecule has 4 rings (SSSR count). The highest BCUT2D eigenvalue weighted by Gasteiger charge is 2.24. The quantitative estimate of drug-likeness (QED) is 0.328. The number of nitro groups is 1. The average molecular weight is 410 g/mol. The summed E-state index contributed by atoms with van der Waals surface area (Å²) in [5.74, 6) is 1.16. The predicted octanol–water partition coefficient (Wildman–Crippen LogP) is 5.44. The van der Waals surface area contributed by atoms with E-state index in [-0.39, 0.29) is 11.5 Å². The second kappa shape index (κ2) is 6.38. The Bertz CT molecular complexity index is 1080. The van der Waals surface area contributed by atoms with Crippen LogP contribution in [0.25, 0.3) is 17.4 Å². The predicted molar refractivity (Wildman–Crippen MR) is 101 cm³/mol. The minimum atomic E-state index is -0.449. The first-order valence-electron chi connectivity index (χ1n) is 7.90. The van der Waals surface area contributed by atoms with Gasteiger partial charge in [-0.05, 0) is 45.8 Å². The molecule has 1 aliphatic rings. The molecule has 6 heteroatoms. The molecule has 5 nitrogen and oxygen atoms in total. The number of rotatable bonds is 3. The zero-order valence-corrected chi connectivity index (χ0v) is 15.0. The van der Waals surface area contributed by atoms with Gasteiger partial charge in [0, 0.05) is 39.7 Å². The van der Waals surface area contributed by atoms with Crippen LogP contribution in [0.15, 0.2) is 69.1 Å². The molecule has 1 aromatic heterocycles. The SMILES string of the molecule is O=C1/C(=C/c2ccc(-c3ccc([N+](=O)[O-])cc3Br)o2)Cc2ccccc21. The van der Waals surface area contributed by atoms with Crippen LogP contribution >= 0.6 is 15.9 Å².